The molecule has 2 aromatic rings. The Balaban J connectivity index is 1.43. The number of benzene rings is 1. The lowest BCUT2D eigenvalue weighted by Crippen LogP contribution is -2.30. The second-order valence-corrected chi connectivity index (χ2v) is 7.03. The third-order valence-corrected chi connectivity index (χ3v) is 5.16. The Morgan fingerprint density at radius 1 is 1.04 bits per heavy atom. The minimum Gasteiger partial charge on any atom is -0.357 e. The molecule has 1 atom stereocenters. The van der Waals surface area contributed by atoms with Crippen molar-refractivity contribution in [1.29, 1.82) is 0 Å². The van der Waals surface area contributed by atoms with Gasteiger partial charge >= 0.3 is 0 Å². The van der Waals surface area contributed by atoms with Crippen molar-refractivity contribution < 1.29 is 4.79 Å². The summed E-state index contributed by atoms with van der Waals surface area (Å²) in [5.41, 5.74) is 2.04. The normalized spacial score (nSPS) is 21.0. The quantitative estimate of drug-likeness (QED) is 0.861. The van der Waals surface area contributed by atoms with Crippen molar-refractivity contribution >= 4 is 17.4 Å². The zero-order chi connectivity index (χ0) is 17.1. The van der Waals surface area contributed by atoms with E-state index < -0.39 is 0 Å². The van der Waals surface area contributed by atoms with Crippen molar-refractivity contribution in [2.75, 3.05) is 29.4 Å². The molecule has 25 heavy (non-hydrogen) atoms. The van der Waals surface area contributed by atoms with Gasteiger partial charge in [-0.05, 0) is 43.7 Å². The molecule has 2 fully saturated rings. The molecule has 0 unspecified atom stereocenters. The monoisotopic (exact) mass is 336 g/mol. The highest BCUT2D eigenvalue weighted by Crippen LogP contribution is 2.27. The summed E-state index contributed by atoms with van der Waals surface area (Å²) in [4.78, 5) is 25.5. The second kappa shape index (κ2) is 7.21. The van der Waals surface area contributed by atoms with Gasteiger partial charge in [-0.25, -0.2) is 9.97 Å². The Bertz CT molecular complexity index is 727. The average Bonchev–Trinajstić information content (AvgIpc) is 3.03. The highest BCUT2D eigenvalue weighted by molar-refractivity contribution is 5.95. The number of carbonyl (C=O) groups is 1. The van der Waals surface area contributed by atoms with Gasteiger partial charge in [-0.3, -0.25) is 4.79 Å². The highest BCUT2D eigenvalue weighted by atomic mass is 16.2. The first kappa shape index (κ1) is 16.1. The summed E-state index contributed by atoms with van der Waals surface area (Å²) >= 11 is 0. The first-order valence-electron chi connectivity index (χ1n) is 9.21. The van der Waals surface area contributed by atoms with Crippen molar-refractivity contribution in [3.63, 3.8) is 0 Å². The third kappa shape index (κ3) is 3.65. The van der Waals surface area contributed by atoms with Crippen LogP contribution < -0.4 is 9.80 Å². The average molecular weight is 336 g/mol. The van der Waals surface area contributed by atoms with Gasteiger partial charge in [0.25, 0.3) is 0 Å². The summed E-state index contributed by atoms with van der Waals surface area (Å²) in [6.07, 6.45) is 6.89. The number of piperidine rings is 1. The number of hydrogen-bond acceptors (Lipinski definition) is 4. The van der Waals surface area contributed by atoms with Gasteiger partial charge in [0.05, 0.1) is 0 Å². The molecule has 3 heterocycles. The topological polar surface area (TPSA) is 49.3 Å². The van der Waals surface area contributed by atoms with Gasteiger partial charge in [0, 0.05) is 43.5 Å². The molecule has 4 rings (SSSR count). The summed E-state index contributed by atoms with van der Waals surface area (Å²) < 4.78 is 0. The first-order valence-corrected chi connectivity index (χ1v) is 9.21. The van der Waals surface area contributed by atoms with Crippen LogP contribution in [0.3, 0.4) is 0 Å². The van der Waals surface area contributed by atoms with Crippen molar-refractivity contribution in [2.45, 2.75) is 32.1 Å². The van der Waals surface area contributed by atoms with E-state index in [0.717, 1.165) is 43.3 Å². The van der Waals surface area contributed by atoms with Crippen LogP contribution in [0.5, 0.6) is 0 Å². The summed E-state index contributed by atoms with van der Waals surface area (Å²) in [5.74, 6) is 1.56. The lowest BCUT2D eigenvalue weighted by molar-refractivity contribution is -0.117. The molecule has 130 valence electrons. The molecular weight excluding hydrogens is 312 g/mol. The molecule has 0 saturated carbocycles. The Morgan fingerprint density at radius 2 is 1.84 bits per heavy atom. The van der Waals surface area contributed by atoms with Crippen LogP contribution in [0.15, 0.2) is 42.7 Å². The number of para-hydroxylation sites is 1. The molecule has 1 aromatic heterocycles. The third-order valence-electron chi connectivity index (χ3n) is 5.16. The molecule has 0 radical (unpaired) electrons. The van der Waals surface area contributed by atoms with E-state index in [0.29, 0.717) is 12.3 Å². The molecule has 2 aliphatic heterocycles. The zero-order valence-corrected chi connectivity index (χ0v) is 14.5. The molecule has 2 aliphatic rings. The molecule has 1 amide bonds. The number of hydrogen-bond donors (Lipinski definition) is 0. The molecule has 1 aromatic carbocycles. The van der Waals surface area contributed by atoms with Crippen LogP contribution in [0.25, 0.3) is 0 Å². The molecule has 5 heteroatoms. The lowest BCUT2D eigenvalue weighted by Gasteiger charge is -2.27. The van der Waals surface area contributed by atoms with E-state index in [4.69, 9.17) is 0 Å². The number of carbonyl (C=O) groups excluding carboxylic acids is 1. The second-order valence-electron chi connectivity index (χ2n) is 7.03. The van der Waals surface area contributed by atoms with Crippen LogP contribution in [0, 0.1) is 5.92 Å². The first-order chi connectivity index (χ1) is 12.3. The predicted molar refractivity (Wildman–Crippen MR) is 98.7 cm³/mol. The number of amides is 1. The Labute approximate surface area is 148 Å². The summed E-state index contributed by atoms with van der Waals surface area (Å²) in [6.45, 7) is 2.94. The summed E-state index contributed by atoms with van der Waals surface area (Å²) in [7, 11) is 0. The fourth-order valence-corrected chi connectivity index (χ4v) is 3.86. The Hall–Kier alpha value is -2.43. The Kier molecular flexibility index (Phi) is 4.63. The van der Waals surface area contributed by atoms with Crippen LogP contribution in [-0.4, -0.2) is 35.5 Å². The number of nitrogens with zero attached hydrogens (tertiary/aromatic N) is 4. The molecule has 5 nitrogen and oxygen atoms in total. The van der Waals surface area contributed by atoms with E-state index in [9.17, 15) is 4.79 Å². The minimum absolute atomic E-state index is 0.210. The van der Waals surface area contributed by atoms with Gasteiger partial charge in [0.1, 0.15) is 12.1 Å². The summed E-state index contributed by atoms with van der Waals surface area (Å²) in [6, 6.07) is 12.0. The van der Waals surface area contributed by atoms with Crippen LogP contribution in [0.4, 0.5) is 11.5 Å². The van der Waals surface area contributed by atoms with Gasteiger partial charge in [-0.2, -0.15) is 0 Å². The molecular formula is C20H24N4O. The largest absolute Gasteiger partial charge is 0.357 e. The fraction of sp³-hybridized carbons (Fsp3) is 0.450. The van der Waals surface area contributed by atoms with Gasteiger partial charge < -0.3 is 9.80 Å². The molecule has 0 bridgehead atoms. The maximum Gasteiger partial charge on any atom is 0.227 e. The van der Waals surface area contributed by atoms with Crippen molar-refractivity contribution in [3.8, 4) is 0 Å². The van der Waals surface area contributed by atoms with E-state index in [1.807, 2.05) is 35.2 Å². The predicted octanol–water partition coefficient (Wildman–Crippen LogP) is 3.06. The van der Waals surface area contributed by atoms with Crippen LogP contribution >= 0.6 is 0 Å². The van der Waals surface area contributed by atoms with Gasteiger partial charge in [0.15, 0.2) is 0 Å². The van der Waals surface area contributed by atoms with E-state index in [2.05, 4.69) is 20.9 Å². The lowest BCUT2D eigenvalue weighted by atomic mass is 10.0. The molecule has 0 N–H and O–H groups in total. The molecule has 0 aliphatic carbocycles. The smallest absolute Gasteiger partial charge is 0.227 e. The highest BCUT2D eigenvalue weighted by Gasteiger charge is 2.31. The van der Waals surface area contributed by atoms with Crippen molar-refractivity contribution in [3.05, 3.63) is 48.4 Å². The van der Waals surface area contributed by atoms with Crippen LogP contribution in [0.2, 0.25) is 0 Å². The van der Waals surface area contributed by atoms with E-state index in [1.54, 1.807) is 6.33 Å². The number of aromatic nitrogens is 2. The van der Waals surface area contributed by atoms with Crippen molar-refractivity contribution in [2.24, 2.45) is 5.92 Å². The van der Waals surface area contributed by atoms with Crippen molar-refractivity contribution in [1.82, 2.24) is 9.97 Å². The maximum atomic E-state index is 12.4. The van der Waals surface area contributed by atoms with Gasteiger partial charge in [-0.1, -0.05) is 18.2 Å². The summed E-state index contributed by atoms with van der Waals surface area (Å²) in [5, 5.41) is 0. The van der Waals surface area contributed by atoms with Gasteiger partial charge in [0.2, 0.25) is 5.91 Å². The van der Waals surface area contributed by atoms with E-state index in [1.165, 1.54) is 19.3 Å². The zero-order valence-electron chi connectivity index (χ0n) is 14.5. The number of anilines is 2. The van der Waals surface area contributed by atoms with Gasteiger partial charge in [-0.15, -0.1) is 0 Å². The fourth-order valence-electron chi connectivity index (χ4n) is 3.86. The van der Waals surface area contributed by atoms with E-state index >= 15 is 0 Å². The molecule has 2 saturated heterocycles. The maximum absolute atomic E-state index is 12.4. The number of rotatable bonds is 4. The van der Waals surface area contributed by atoms with Crippen LogP contribution in [-0.2, 0) is 11.2 Å². The Morgan fingerprint density at radius 3 is 2.64 bits per heavy atom. The minimum atomic E-state index is 0.210. The standard InChI is InChI=1S/C20H24N4O/c25-20-12-16(14-24(20)18-7-3-1-4-8-18)11-17-13-19(22-15-21-17)23-9-5-2-6-10-23/h1,3-4,7-8,13,15-16H,2,5-6,9-12,14H2/t16-/m0/s1. The van der Waals surface area contributed by atoms with Crippen LogP contribution in [0.1, 0.15) is 31.4 Å². The van der Waals surface area contributed by atoms with E-state index in [-0.39, 0.29) is 5.91 Å². The molecule has 0 spiro atoms. The SMILES string of the molecule is O=C1C[C@H](Cc2cc(N3CCCCC3)ncn2)CN1c1ccccc1.